The third-order valence-electron chi connectivity index (χ3n) is 1.48. The van der Waals surface area contributed by atoms with Crippen LogP contribution in [0.1, 0.15) is 6.92 Å². The van der Waals surface area contributed by atoms with Gasteiger partial charge in [0.1, 0.15) is 20.3 Å². The van der Waals surface area contributed by atoms with Gasteiger partial charge in [0.05, 0.1) is 33.6 Å². The van der Waals surface area contributed by atoms with Crippen LogP contribution in [0.4, 0.5) is 0 Å². The highest BCUT2D eigenvalue weighted by Crippen LogP contribution is 2.01. The number of rotatable bonds is 4. The van der Waals surface area contributed by atoms with Gasteiger partial charge in [0, 0.05) is 0 Å². The Morgan fingerprint density at radius 2 is 1.82 bits per heavy atom. The normalized spacial score (nSPS) is 14.6. The van der Waals surface area contributed by atoms with Crippen molar-refractivity contribution in [3.8, 4) is 0 Å². The van der Waals surface area contributed by atoms with Crippen LogP contribution in [0.25, 0.3) is 0 Å². The van der Waals surface area contributed by atoms with Gasteiger partial charge in [-0.25, -0.2) is 4.58 Å². The van der Waals surface area contributed by atoms with E-state index in [1.807, 2.05) is 11.6 Å². The monoisotopic (exact) mass is 158 g/mol. The lowest BCUT2D eigenvalue weighted by atomic mass is 10.1. The van der Waals surface area contributed by atoms with E-state index < -0.39 is 0 Å². The van der Waals surface area contributed by atoms with E-state index in [1.54, 1.807) is 0 Å². The Bertz CT molecular complexity index is 133. The molecule has 2 heteroatoms. The summed E-state index contributed by atoms with van der Waals surface area (Å²) in [4.78, 5) is 0. The Labute approximate surface area is 70.7 Å². The lowest BCUT2D eigenvalue weighted by Gasteiger charge is -2.26. The van der Waals surface area contributed by atoms with Gasteiger partial charge in [-0.2, -0.15) is 0 Å². The summed E-state index contributed by atoms with van der Waals surface area (Å²) >= 11 is 0. The zero-order valence-electron chi connectivity index (χ0n) is 8.59. The summed E-state index contributed by atoms with van der Waals surface area (Å²) in [6.07, 6.45) is 0. The second kappa shape index (κ2) is 3.86. The minimum atomic E-state index is 0.720. The minimum absolute atomic E-state index is 0.720. The van der Waals surface area contributed by atoms with Crippen molar-refractivity contribution in [2.24, 2.45) is 5.92 Å². The zero-order valence-corrected chi connectivity index (χ0v) is 8.59. The van der Waals surface area contributed by atoms with Crippen LogP contribution in [0.15, 0.2) is 0 Å². The largest absolute Gasteiger partial charge is 0.330 e. The van der Waals surface area contributed by atoms with Gasteiger partial charge in [0.2, 0.25) is 0 Å². The summed E-state index contributed by atoms with van der Waals surface area (Å²) in [6, 6.07) is 0. The molecule has 0 saturated carbocycles. The average Bonchev–Trinajstić information content (AvgIpc) is 1.53. The van der Waals surface area contributed by atoms with Gasteiger partial charge in [-0.3, -0.25) is 0 Å². The van der Waals surface area contributed by atoms with Crippen molar-refractivity contribution in [3.05, 3.63) is 0 Å². The maximum absolute atomic E-state index is 3.83. The number of quaternary nitrogens is 1. The van der Waals surface area contributed by atoms with Gasteiger partial charge in [-0.1, -0.05) is 6.92 Å². The van der Waals surface area contributed by atoms with E-state index in [4.69, 9.17) is 0 Å². The maximum atomic E-state index is 3.83. The topological polar surface area (TPSA) is 3.01 Å². The molecule has 2 nitrogen and oxygen atoms in total. The van der Waals surface area contributed by atoms with E-state index in [9.17, 15) is 0 Å². The van der Waals surface area contributed by atoms with E-state index in [-0.39, 0.29) is 0 Å². The Hall–Kier alpha value is -0.370. The third kappa shape index (κ3) is 7.53. The predicted octanol–water partition coefficient (Wildman–Crippen LogP) is 0.672. The van der Waals surface area contributed by atoms with E-state index >= 15 is 0 Å². The summed E-state index contributed by atoms with van der Waals surface area (Å²) in [5.41, 5.74) is 0. The molecule has 0 fully saturated rings. The Morgan fingerprint density at radius 3 is 2.09 bits per heavy atom. The molecule has 0 bridgehead atoms. The first-order valence-corrected chi connectivity index (χ1v) is 4.13. The number of hydrogen-bond acceptors (Lipinski definition) is 0. The van der Waals surface area contributed by atoms with Crippen LogP contribution >= 0.6 is 0 Å². The van der Waals surface area contributed by atoms with Crippen molar-refractivity contribution < 1.29 is 9.06 Å². The van der Waals surface area contributed by atoms with Gasteiger partial charge in [-0.05, 0) is 0 Å². The van der Waals surface area contributed by atoms with Crippen molar-refractivity contribution >= 4 is 6.72 Å². The molecular weight excluding hydrogens is 136 g/mol. The number of hydrogen-bond donors (Lipinski definition) is 0. The van der Waals surface area contributed by atoms with Gasteiger partial charge in [0.15, 0.2) is 0 Å². The fourth-order valence-electron chi connectivity index (χ4n) is 1.52. The van der Waals surface area contributed by atoms with Crippen LogP contribution in [-0.4, -0.2) is 57.1 Å². The van der Waals surface area contributed by atoms with Crippen LogP contribution in [-0.2, 0) is 0 Å². The highest BCUT2D eigenvalue weighted by molar-refractivity contribution is 5.14. The molecule has 11 heavy (non-hydrogen) atoms. The number of nitrogens with zero attached hydrogens (tertiary/aromatic N) is 2. The first-order chi connectivity index (χ1) is 4.81. The minimum Gasteiger partial charge on any atom is -0.330 e. The van der Waals surface area contributed by atoms with Crippen molar-refractivity contribution in [1.29, 1.82) is 0 Å². The molecule has 1 atom stereocenters. The Kier molecular flexibility index (Phi) is 3.73. The molecule has 0 aromatic heterocycles. The molecule has 0 heterocycles. The van der Waals surface area contributed by atoms with Gasteiger partial charge < -0.3 is 4.48 Å². The first kappa shape index (κ1) is 10.6. The van der Waals surface area contributed by atoms with Crippen molar-refractivity contribution in [3.63, 3.8) is 0 Å². The highest BCUT2D eigenvalue weighted by Gasteiger charge is 2.15. The van der Waals surface area contributed by atoms with Crippen LogP contribution in [0.3, 0.4) is 0 Å². The van der Waals surface area contributed by atoms with Crippen LogP contribution in [0.5, 0.6) is 0 Å². The van der Waals surface area contributed by atoms with Gasteiger partial charge >= 0.3 is 0 Å². The van der Waals surface area contributed by atoms with E-state index in [0.29, 0.717) is 0 Å². The molecule has 0 amide bonds. The molecule has 0 aromatic carbocycles. The standard InChI is InChI=1S/C9H22N2/c1-9(7-10(2)3)8-11(4,5)6/h9H,2,7-8H2,1,3-6H3/q+2. The molecule has 0 rings (SSSR count). The van der Waals surface area contributed by atoms with Crippen LogP contribution in [0.2, 0.25) is 0 Å². The summed E-state index contributed by atoms with van der Waals surface area (Å²) in [6.45, 7) is 8.39. The van der Waals surface area contributed by atoms with Gasteiger partial charge in [0.25, 0.3) is 0 Å². The van der Waals surface area contributed by atoms with Crippen molar-refractivity contribution in [2.75, 3.05) is 41.3 Å². The first-order valence-electron chi connectivity index (χ1n) is 4.13. The Morgan fingerprint density at radius 1 is 1.36 bits per heavy atom. The van der Waals surface area contributed by atoms with Crippen molar-refractivity contribution in [2.45, 2.75) is 6.92 Å². The fourth-order valence-corrected chi connectivity index (χ4v) is 1.52. The molecule has 0 aliphatic carbocycles. The van der Waals surface area contributed by atoms with Crippen LogP contribution < -0.4 is 0 Å². The molecule has 0 radical (unpaired) electrons. The van der Waals surface area contributed by atoms with E-state index in [0.717, 1.165) is 16.9 Å². The summed E-state index contributed by atoms with van der Waals surface area (Å²) in [7, 11) is 8.69. The van der Waals surface area contributed by atoms with E-state index in [1.165, 1.54) is 6.54 Å². The Balaban J connectivity index is 3.69. The quantitative estimate of drug-likeness (QED) is 0.321. The summed E-state index contributed by atoms with van der Waals surface area (Å²) < 4.78 is 3.04. The molecule has 0 spiro atoms. The zero-order chi connectivity index (χ0) is 9.07. The summed E-state index contributed by atoms with van der Waals surface area (Å²) in [5.74, 6) is 0.720. The third-order valence-corrected chi connectivity index (χ3v) is 1.48. The lowest BCUT2D eigenvalue weighted by Crippen LogP contribution is -2.40. The molecule has 0 aliphatic rings. The van der Waals surface area contributed by atoms with E-state index in [2.05, 4.69) is 34.8 Å². The fraction of sp³-hybridized carbons (Fsp3) is 0.889. The molecule has 66 valence electrons. The summed E-state index contributed by atoms with van der Waals surface area (Å²) in [5, 5.41) is 0. The average molecular weight is 158 g/mol. The van der Waals surface area contributed by atoms with Gasteiger partial charge in [-0.15, -0.1) is 0 Å². The molecular formula is C9H22N2+2. The predicted molar refractivity (Wildman–Crippen MR) is 50.2 cm³/mol. The van der Waals surface area contributed by atoms with Crippen LogP contribution in [0, 0.1) is 5.92 Å². The smallest absolute Gasteiger partial charge is 0.149 e. The molecule has 0 saturated heterocycles. The molecule has 0 N–H and O–H groups in total. The second-order valence-electron chi connectivity index (χ2n) is 4.62. The lowest BCUT2D eigenvalue weighted by molar-refractivity contribution is -0.874. The maximum Gasteiger partial charge on any atom is 0.149 e. The highest BCUT2D eigenvalue weighted by atomic mass is 15.3. The molecule has 0 aliphatic heterocycles. The molecule has 1 unspecified atom stereocenters. The second-order valence-corrected chi connectivity index (χ2v) is 4.62. The molecule has 0 aromatic rings. The SMILES string of the molecule is C=[N+](C)CC(C)C[N+](C)(C)C. The van der Waals surface area contributed by atoms with Crippen molar-refractivity contribution in [1.82, 2.24) is 0 Å².